The highest BCUT2D eigenvalue weighted by atomic mass is 127. The van der Waals surface area contributed by atoms with Gasteiger partial charge in [-0.15, -0.1) is 0 Å². The van der Waals surface area contributed by atoms with Crippen LogP contribution in [0.2, 0.25) is 0 Å². The molecule has 0 amide bonds. The zero-order valence-corrected chi connectivity index (χ0v) is 14.3. The lowest BCUT2D eigenvalue weighted by molar-refractivity contribution is 0.337. The smallest absolute Gasteiger partial charge is 0.150 e. The average Bonchev–Trinajstić information content (AvgIpc) is 2.81. The Kier molecular flexibility index (Phi) is 3.79. The Hall–Kier alpha value is -0.630. The number of hydrogen-bond donors (Lipinski definition) is 0. The molecule has 0 aliphatic heterocycles. The van der Waals surface area contributed by atoms with Gasteiger partial charge in [0.1, 0.15) is 9.84 Å². The molecule has 1 aromatic heterocycles. The van der Waals surface area contributed by atoms with Crippen molar-refractivity contribution in [3.63, 3.8) is 0 Å². The van der Waals surface area contributed by atoms with Crippen molar-refractivity contribution in [3.8, 4) is 0 Å². The second-order valence-corrected chi connectivity index (χ2v) is 9.14. The molecule has 2 unspecified atom stereocenters. The number of benzene rings is 1. The molecule has 1 fully saturated rings. The van der Waals surface area contributed by atoms with Crippen LogP contribution >= 0.6 is 22.6 Å². The van der Waals surface area contributed by atoms with E-state index in [4.69, 9.17) is 0 Å². The van der Waals surface area contributed by atoms with E-state index < -0.39 is 9.84 Å². The van der Waals surface area contributed by atoms with Crippen LogP contribution < -0.4 is 0 Å². The van der Waals surface area contributed by atoms with E-state index in [1.165, 1.54) is 9.83 Å². The van der Waals surface area contributed by atoms with Crippen LogP contribution in [-0.4, -0.2) is 29.7 Å². The van der Waals surface area contributed by atoms with Gasteiger partial charge in [-0.05, 0) is 54.0 Å². The van der Waals surface area contributed by atoms with Gasteiger partial charge in [0.15, 0.2) is 0 Å². The second kappa shape index (κ2) is 5.29. The number of aromatic nitrogens is 2. The summed E-state index contributed by atoms with van der Waals surface area (Å²) in [6.07, 6.45) is 6.65. The zero-order valence-electron chi connectivity index (χ0n) is 11.3. The Balaban J connectivity index is 1.96. The summed E-state index contributed by atoms with van der Waals surface area (Å²) >= 11 is 2.29. The Morgan fingerprint density at radius 1 is 1.35 bits per heavy atom. The van der Waals surface area contributed by atoms with Crippen molar-refractivity contribution in [2.45, 2.75) is 37.0 Å². The fourth-order valence-corrected chi connectivity index (χ4v) is 4.67. The maximum Gasteiger partial charge on any atom is 0.150 e. The SMILES string of the molecule is CS(=O)(=O)C1CCCC(n2ncc3ccc(I)cc32)C1. The lowest BCUT2D eigenvalue weighted by Crippen LogP contribution is -2.29. The van der Waals surface area contributed by atoms with Crippen molar-refractivity contribution >= 4 is 43.3 Å². The van der Waals surface area contributed by atoms with Gasteiger partial charge in [-0.3, -0.25) is 4.68 Å². The van der Waals surface area contributed by atoms with E-state index in [1.54, 1.807) is 0 Å². The molecule has 1 aromatic carbocycles. The number of halogens is 1. The van der Waals surface area contributed by atoms with E-state index >= 15 is 0 Å². The first-order chi connectivity index (χ1) is 9.45. The molecule has 2 atom stereocenters. The van der Waals surface area contributed by atoms with Crippen molar-refractivity contribution in [1.29, 1.82) is 0 Å². The third kappa shape index (κ3) is 2.72. The summed E-state index contributed by atoms with van der Waals surface area (Å²) in [6, 6.07) is 6.44. The number of rotatable bonds is 2. The van der Waals surface area contributed by atoms with Gasteiger partial charge < -0.3 is 0 Å². The van der Waals surface area contributed by atoms with E-state index in [0.29, 0.717) is 6.42 Å². The molecule has 6 heteroatoms. The predicted molar refractivity (Wildman–Crippen MR) is 88.6 cm³/mol. The summed E-state index contributed by atoms with van der Waals surface area (Å²) in [7, 11) is -2.95. The molecule has 1 aliphatic rings. The minimum atomic E-state index is -2.95. The topological polar surface area (TPSA) is 52.0 Å². The third-order valence-corrected chi connectivity index (χ3v) is 6.42. The molecule has 0 radical (unpaired) electrons. The summed E-state index contributed by atoms with van der Waals surface area (Å²) in [5.41, 5.74) is 1.11. The van der Waals surface area contributed by atoms with Crippen molar-refractivity contribution in [2.75, 3.05) is 6.26 Å². The Morgan fingerprint density at radius 3 is 2.90 bits per heavy atom. The molecule has 4 nitrogen and oxygen atoms in total. The van der Waals surface area contributed by atoms with Crippen LogP contribution in [-0.2, 0) is 9.84 Å². The van der Waals surface area contributed by atoms with E-state index in [2.05, 4.69) is 45.9 Å². The molecule has 108 valence electrons. The number of nitrogens with zero attached hydrogens (tertiary/aromatic N) is 2. The van der Waals surface area contributed by atoms with Gasteiger partial charge >= 0.3 is 0 Å². The highest BCUT2D eigenvalue weighted by Gasteiger charge is 2.30. The molecule has 3 rings (SSSR count). The van der Waals surface area contributed by atoms with Crippen LogP contribution in [0.5, 0.6) is 0 Å². The van der Waals surface area contributed by atoms with E-state index in [9.17, 15) is 8.42 Å². The maximum atomic E-state index is 11.8. The first-order valence-electron chi connectivity index (χ1n) is 6.77. The van der Waals surface area contributed by atoms with Gasteiger partial charge in [0.25, 0.3) is 0 Å². The van der Waals surface area contributed by atoms with Gasteiger partial charge in [-0.2, -0.15) is 5.10 Å². The molecule has 0 saturated heterocycles. The molecule has 1 heterocycles. The van der Waals surface area contributed by atoms with Gasteiger partial charge in [0.2, 0.25) is 0 Å². The maximum absolute atomic E-state index is 11.8. The molecule has 1 saturated carbocycles. The lowest BCUT2D eigenvalue weighted by Gasteiger charge is -2.28. The fraction of sp³-hybridized carbons (Fsp3) is 0.500. The van der Waals surface area contributed by atoms with Crippen molar-refractivity contribution in [3.05, 3.63) is 28.0 Å². The van der Waals surface area contributed by atoms with Crippen LogP contribution in [0.1, 0.15) is 31.7 Å². The summed E-state index contributed by atoms with van der Waals surface area (Å²) < 4.78 is 26.8. The van der Waals surface area contributed by atoms with E-state index in [1.807, 2.05) is 10.9 Å². The molecule has 20 heavy (non-hydrogen) atoms. The van der Waals surface area contributed by atoms with Crippen LogP contribution in [0.4, 0.5) is 0 Å². The Labute approximate surface area is 132 Å². The number of hydrogen-bond acceptors (Lipinski definition) is 3. The summed E-state index contributed by atoms with van der Waals surface area (Å²) in [5, 5.41) is 5.39. The quantitative estimate of drug-likeness (QED) is 0.723. The van der Waals surface area contributed by atoms with E-state index in [-0.39, 0.29) is 11.3 Å². The molecule has 0 N–H and O–H groups in total. The van der Waals surface area contributed by atoms with Crippen molar-refractivity contribution in [1.82, 2.24) is 9.78 Å². The zero-order chi connectivity index (χ0) is 14.3. The van der Waals surface area contributed by atoms with Crippen LogP contribution in [0.3, 0.4) is 0 Å². The Bertz CT molecular complexity index is 739. The average molecular weight is 404 g/mol. The third-order valence-electron chi connectivity index (χ3n) is 4.11. The minimum absolute atomic E-state index is 0.194. The Morgan fingerprint density at radius 2 is 2.15 bits per heavy atom. The van der Waals surface area contributed by atoms with Crippen LogP contribution in [0.25, 0.3) is 10.9 Å². The van der Waals surface area contributed by atoms with Gasteiger partial charge in [-0.25, -0.2) is 8.42 Å². The standard InChI is InChI=1S/C14H17IN2O2S/c1-20(18,19)13-4-2-3-12(8-13)17-14-7-11(15)6-5-10(14)9-16-17/h5-7,9,12-13H,2-4,8H2,1H3. The summed E-state index contributed by atoms with van der Waals surface area (Å²) in [6.45, 7) is 0. The van der Waals surface area contributed by atoms with Gasteiger partial charge in [0, 0.05) is 15.2 Å². The molecule has 0 spiro atoms. The van der Waals surface area contributed by atoms with Crippen LogP contribution in [0.15, 0.2) is 24.4 Å². The fourth-order valence-electron chi connectivity index (χ4n) is 3.03. The summed E-state index contributed by atoms with van der Waals surface area (Å²) in [4.78, 5) is 0. The molecular weight excluding hydrogens is 387 g/mol. The van der Waals surface area contributed by atoms with Crippen molar-refractivity contribution < 1.29 is 8.42 Å². The largest absolute Gasteiger partial charge is 0.262 e. The summed E-state index contributed by atoms with van der Waals surface area (Å²) in [5.74, 6) is 0. The second-order valence-electron chi connectivity index (χ2n) is 5.56. The van der Waals surface area contributed by atoms with Crippen molar-refractivity contribution in [2.24, 2.45) is 0 Å². The minimum Gasteiger partial charge on any atom is -0.262 e. The van der Waals surface area contributed by atoms with Crippen LogP contribution in [0, 0.1) is 3.57 Å². The van der Waals surface area contributed by atoms with Gasteiger partial charge in [-0.1, -0.05) is 12.5 Å². The molecule has 1 aliphatic carbocycles. The van der Waals surface area contributed by atoms with E-state index in [0.717, 1.165) is 30.2 Å². The highest BCUT2D eigenvalue weighted by Crippen LogP contribution is 2.33. The monoisotopic (exact) mass is 404 g/mol. The first kappa shape index (κ1) is 14.3. The number of fused-ring (bicyclic) bond motifs is 1. The normalized spacial score (nSPS) is 24.1. The molecular formula is C14H17IN2O2S. The molecule has 2 aromatic rings. The van der Waals surface area contributed by atoms with Gasteiger partial charge in [0.05, 0.1) is 23.0 Å². The number of sulfone groups is 1. The molecule has 0 bridgehead atoms. The lowest BCUT2D eigenvalue weighted by atomic mass is 9.95. The highest BCUT2D eigenvalue weighted by molar-refractivity contribution is 14.1. The first-order valence-corrected chi connectivity index (χ1v) is 9.80. The predicted octanol–water partition coefficient (Wildman–Crippen LogP) is 3.17.